The van der Waals surface area contributed by atoms with E-state index in [9.17, 15) is 14.9 Å². The number of nitro benzene ring substituents is 1. The van der Waals surface area contributed by atoms with Crippen LogP contribution >= 0.6 is 11.6 Å². The number of benzene rings is 2. The fourth-order valence-electron chi connectivity index (χ4n) is 2.87. The first-order valence-corrected chi connectivity index (χ1v) is 9.36. The maximum Gasteiger partial charge on any atom is 0.294 e. The molecule has 0 atom stereocenters. The second-order valence-electron chi connectivity index (χ2n) is 6.16. The number of carbonyl (C=O) groups excluding carboxylic acids is 1. The Kier molecular flexibility index (Phi) is 6.53. The minimum Gasteiger partial charge on any atom is -0.493 e. The quantitative estimate of drug-likeness (QED) is 0.430. The Balaban J connectivity index is 1.79. The van der Waals surface area contributed by atoms with Gasteiger partial charge in [-0.2, -0.15) is 0 Å². The highest BCUT2D eigenvalue weighted by atomic mass is 35.5. The van der Waals surface area contributed by atoms with E-state index in [2.05, 4.69) is 10.3 Å². The number of hydrogen-bond donors (Lipinski definition) is 1. The van der Waals surface area contributed by atoms with Gasteiger partial charge in [-0.1, -0.05) is 11.6 Å². The number of halogens is 1. The number of ether oxygens (including phenoxy) is 2. The third kappa shape index (κ3) is 4.52. The molecule has 0 aliphatic carbocycles. The Morgan fingerprint density at radius 2 is 2.13 bits per heavy atom. The molecule has 0 aliphatic rings. The first kappa shape index (κ1) is 21.1. The van der Waals surface area contributed by atoms with Gasteiger partial charge in [-0.25, -0.2) is 4.98 Å². The second-order valence-corrected chi connectivity index (χ2v) is 6.56. The normalized spacial score (nSPS) is 10.5. The van der Waals surface area contributed by atoms with Gasteiger partial charge in [0.2, 0.25) is 0 Å². The van der Waals surface area contributed by atoms with Crippen LogP contribution in [0.3, 0.4) is 0 Å². The van der Waals surface area contributed by atoms with Gasteiger partial charge in [0.05, 0.1) is 30.0 Å². The van der Waals surface area contributed by atoms with Crippen LogP contribution < -0.4 is 14.8 Å². The maximum absolute atomic E-state index is 12.6. The van der Waals surface area contributed by atoms with Crippen molar-refractivity contribution in [3.05, 3.63) is 75.3 Å². The van der Waals surface area contributed by atoms with Crippen molar-refractivity contribution in [2.75, 3.05) is 13.7 Å². The van der Waals surface area contributed by atoms with Crippen LogP contribution in [0.1, 0.15) is 22.8 Å². The number of nitrogens with one attached hydrogen (secondary N) is 1. The van der Waals surface area contributed by atoms with Gasteiger partial charge in [-0.3, -0.25) is 14.9 Å². The van der Waals surface area contributed by atoms with Crippen molar-refractivity contribution in [3.8, 4) is 17.2 Å². The lowest BCUT2D eigenvalue weighted by Gasteiger charge is -2.13. The molecule has 1 N–H and O–H groups in total. The highest BCUT2D eigenvalue weighted by Gasteiger charge is 2.19. The van der Waals surface area contributed by atoms with Gasteiger partial charge in [-0.05, 0) is 36.8 Å². The van der Waals surface area contributed by atoms with Crippen LogP contribution in [-0.2, 0) is 6.54 Å². The summed E-state index contributed by atoms with van der Waals surface area (Å²) in [7, 11) is 1.50. The molecule has 1 aromatic heterocycles. The first-order valence-electron chi connectivity index (χ1n) is 8.98. The highest BCUT2D eigenvalue weighted by Crippen LogP contribution is 2.36. The molecular weight excluding hydrogens is 412 g/mol. The average Bonchev–Trinajstić information content (AvgIpc) is 3.27. The molecule has 1 heterocycles. The molecule has 0 unspecified atom stereocenters. The van der Waals surface area contributed by atoms with Crippen molar-refractivity contribution in [2.24, 2.45) is 0 Å². The van der Waals surface area contributed by atoms with E-state index < -0.39 is 10.8 Å². The van der Waals surface area contributed by atoms with Crippen molar-refractivity contribution in [2.45, 2.75) is 13.5 Å². The lowest BCUT2D eigenvalue weighted by Crippen LogP contribution is -2.23. The number of rotatable bonds is 8. The Morgan fingerprint density at radius 1 is 1.33 bits per heavy atom. The number of aromatic nitrogens is 2. The van der Waals surface area contributed by atoms with Gasteiger partial charge >= 0.3 is 0 Å². The van der Waals surface area contributed by atoms with Crippen molar-refractivity contribution < 1.29 is 19.2 Å². The standard InChI is InChI=1S/C20H19ClN4O5/c1-3-30-19-15(21)8-13(9-18(19)29-2)11-23-20(26)14-4-5-16(17(10-14)25(27)28)24-7-6-22-12-24/h4-10,12H,3,11H2,1-2H3,(H,23,26). The lowest BCUT2D eigenvalue weighted by atomic mass is 10.1. The van der Waals surface area contributed by atoms with Crippen molar-refractivity contribution in [1.29, 1.82) is 0 Å². The summed E-state index contributed by atoms with van der Waals surface area (Å²) in [5, 5.41) is 14.6. The van der Waals surface area contributed by atoms with Crippen LogP contribution in [0.25, 0.3) is 5.69 Å². The zero-order chi connectivity index (χ0) is 21.7. The SMILES string of the molecule is CCOc1c(Cl)cc(CNC(=O)c2ccc(-n3ccnc3)c([N+](=O)[O-])c2)cc1OC. The molecular formula is C20H19ClN4O5. The molecule has 30 heavy (non-hydrogen) atoms. The van der Waals surface area contributed by atoms with Gasteiger partial charge in [0.15, 0.2) is 11.5 Å². The smallest absolute Gasteiger partial charge is 0.294 e. The van der Waals surface area contributed by atoms with Gasteiger partial charge < -0.3 is 19.4 Å². The van der Waals surface area contributed by atoms with Gasteiger partial charge in [-0.15, -0.1) is 0 Å². The number of carbonyl (C=O) groups is 1. The fourth-order valence-corrected chi connectivity index (χ4v) is 3.16. The Hall–Kier alpha value is -3.59. The zero-order valence-electron chi connectivity index (χ0n) is 16.3. The Labute approximate surface area is 177 Å². The van der Waals surface area contributed by atoms with E-state index in [1.165, 1.54) is 42.4 Å². The molecule has 0 fully saturated rings. The summed E-state index contributed by atoms with van der Waals surface area (Å²) >= 11 is 6.25. The summed E-state index contributed by atoms with van der Waals surface area (Å²) in [6.45, 7) is 2.42. The number of amides is 1. The molecule has 0 saturated carbocycles. The van der Waals surface area contributed by atoms with Gasteiger partial charge in [0.1, 0.15) is 5.69 Å². The molecule has 0 spiro atoms. The first-order chi connectivity index (χ1) is 14.4. The van der Waals surface area contributed by atoms with Gasteiger partial charge in [0, 0.05) is 30.6 Å². The van der Waals surface area contributed by atoms with Crippen LogP contribution in [-0.4, -0.2) is 34.1 Å². The molecule has 9 nitrogen and oxygen atoms in total. The highest BCUT2D eigenvalue weighted by molar-refractivity contribution is 6.32. The molecule has 10 heteroatoms. The summed E-state index contributed by atoms with van der Waals surface area (Å²) in [5.41, 5.74) is 0.969. The second kappa shape index (κ2) is 9.27. The molecule has 156 valence electrons. The molecule has 0 saturated heterocycles. The van der Waals surface area contributed by atoms with Crippen LogP contribution in [0.2, 0.25) is 5.02 Å². The monoisotopic (exact) mass is 430 g/mol. The summed E-state index contributed by atoms with van der Waals surface area (Å²) in [6, 6.07) is 7.63. The molecule has 0 aliphatic heterocycles. The predicted octanol–water partition coefficient (Wildman–Crippen LogP) is 3.77. The molecule has 3 rings (SSSR count). The minimum absolute atomic E-state index is 0.151. The number of nitro groups is 1. The topological polar surface area (TPSA) is 109 Å². The van der Waals surface area contributed by atoms with Crippen LogP contribution in [0.4, 0.5) is 5.69 Å². The fraction of sp³-hybridized carbons (Fsp3) is 0.200. The molecule has 0 radical (unpaired) electrons. The number of methoxy groups -OCH3 is 1. The van der Waals surface area contributed by atoms with Crippen molar-refractivity contribution in [3.63, 3.8) is 0 Å². The van der Waals surface area contributed by atoms with Crippen molar-refractivity contribution >= 4 is 23.2 Å². The summed E-state index contributed by atoms with van der Waals surface area (Å²) < 4.78 is 12.3. The van der Waals surface area contributed by atoms with Gasteiger partial charge in [0.25, 0.3) is 11.6 Å². The van der Waals surface area contributed by atoms with E-state index in [1.807, 2.05) is 6.92 Å². The van der Waals surface area contributed by atoms with E-state index in [0.717, 1.165) is 0 Å². The largest absolute Gasteiger partial charge is 0.493 e. The number of imidazole rings is 1. The van der Waals surface area contributed by atoms with E-state index in [1.54, 1.807) is 18.3 Å². The van der Waals surface area contributed by atoms with Crippen LogP contribution in [0, 0.1) is 10.1 Å². The van der Waals surface area contributed by atoms with Crippen molar-refractivity contribution in [1.82, 2.24) is 14.9 Å². The third-order valence-corrected chi connectivity index (χ3v) is 4.53. The molecule has 2 aromatic carbocycles. The zero-order valence-corrected chi connectivity index (χ0v) is 17.0. The maximum atomic E-state index is 12.6. The van der Waals surface area contributed by atoms with E-state index in [-0.39, 0.29) is 17.8 Å². The number of hydrogen-bond acceptors (Lipinski definition) is 6. The van der Waals surface area contributed by atoms with E-state index >= 15 is 0 Å². The van der Waals surface area contributed by atoms with Crippen LogP contribution in [0.5, 0.6) is 11.5 Å². The third-order valence-electron chi connectivity index (χ3n) is 4.25. The van der Waals surface area contributed by atoms with Crippen LogP contribution in [0.15, 0.2) is 49.1 Å². The Bertz CT molecular complexity index is 1070. The molecule has 1 amide bonds. The molecule has 3 aromatic rings. The average molecular weight is 431 g/mol. The summed E-state index contributed by atoms with van der Waals surface area (Å²) in [5.74, 6) is 0.427. The van der Waals surface area contributed by atoms with E-state index in [0.29, 0.717) is 34.4 Å². The lowest BCUT2D eigenvalue weighted by molar-refractivity contribution is -0.384. The Morgan fingerprint density at radius 3 is 2.77 bits per heavy atom. The number of nitrogens with zero attached hydrogens (tertiary/aromatic N) is 3. The minimum atomic E-state index is -0.538. The summed E-state index contributed by atoms with van der Waals surface area (Å²) in [4.78, 5) is 27.4. The molecule has 0 bridgehead atoms. The van der Waals surface area contributed by atoms with E-state index in [4.69, 9.17) is 21.1 Å². The summed E-state index contributed by atoms with van der Waals surface area (Å²) in [6.07, 6.45) is 4.55. The predicted molar refractivity (Wildman–Crippen MR) is 111 cm³/mol.